The topological polar surface area (TPSA) is 114 Å². The van der Waals surface area contributed by atoms with Crippen LogP contribution in [0, 0.1) is 12.7 Å². The summed E-state index contributed by atoms with van der Waals surface area (Å²) in [4.78, 5) is 29.0. The number of anilines is 3. The molecule has 0 aliphatic carbocycles. The van der Waals surface area contributed by atoms with Crippen LogP contribution in [0.3, 0.4) is 0 Å². The molecule has 1 aromatic carbocycles. The van der Waals surface area contributed by atoms with E-state index in [4.69, 9.17) is 9.47 Å². The molecule has 0 spiro atoms. The van der Waals surface area contributed by atoms with E-state index in [0.717, 1.165) is 11.3 Å². The molecule has 4 N–H and O–H groups in total. The number of hydrogen-bond donors (Lipinski definition) is 4. The van der Waals surface area contributed by atoms with E-state index in [1.807, 2.05) is 31.2 Å². The first-order valence-corrected chi connectivity index (χ1v) is 11.1. The fourth-order valence-electron chi connectivity index (χ4n) is 3.53. The maximum absolute atomic E-state index is 15.2. The fourth-order valence-corrected chi connectivity index (χ4v) is 3.53. The number of nitrogens with one attached hydrogen (secondary N) is 4. The molecule has 2 amide bonds. The summed E-state index contributed by atoms with van der Waals surface area (Å²) in [6, 6.07) is 7.17. The van der Waals surface area contributed by atoms with Crippen molar-refractivity contribution in [3.8, 4) is 0 Å². The highest BCUT2D eigenvalue weighted by Gasteiger charge is 2.30. The Morgan fingerprint density at radius 2 is 2.06 bits per heavy atom. The van der Waals surface area contributed by atoms with Crippen molar-refractivity contribution in [3.63, 3.8) is 0 Å². The molecule has 3 rings (SSSR count). The third-order valence-corrected chi connectivity index (χ3v) is 5.08. The standard InChI is InChI=1S/C24H32FN5O4/c1-14-7-6-8-15(11-14)28-20-18-17(13-27-22(18)31)19(25)21(30-20)26-12-16(9-10-33-5)29-23(32)34-24(2,3)4/h6-8,11,16H,9-10,12-13H2,1-5H3,(H,27,31)(H,29,32)(H2,26,28,30)/t16-/m0/s1. The molecule has 2 aromatic rings. The predicted octanol–water partition coefficient (Wildman–Crippen LogP) is 3.86. The first-order chi connectivity index (χ1) is 16.1. The van der Waals surface area contributed by atoms with Gasteiger partial charge in [-0.3, -0.25) is 4.79 Å². The fraction of sp³-hybridized carbons (Fsp3) is 0.458. The molecule has 184 valence electrons. The van der Waals surface area contributed by atoms with Crippen molar-refractivity contribution in [2.45, 2.75) is 52.3 Å². The zero-order valence-corrected chi connectivity index (χ0v) is 20.2. The third kappa shape index (κ3) is 6.57. The molecular weight excluding hydrogens is 441 g/mol. The summed E-state index contributed by atoms with van der Waals surface area (Å²) in [5.74, 6) is -0.745. The Morgan fingerprint density at radius 3 is 2.74 bits per heavy atom. The molecule has 0 unspecified atom stereocenters. The molecule has 0 radical (unpaired) electrons. The number of carbonyl (C=O) groups is 2. The number of benzene rings is 1. The van der Waals surface area contributed by atoms with Gasteiger partial charge in [-0.15, -0.1) is 0 Å². The molecule has 1 aliphatic rings. The number of nitrogens with zero attached hydrogens (tertiary/aromatic N) is 1. The van der Waals surface area contributed by atoms with Gasteiger partial charge in [-0.05, 0) is 51.8 Å². The molecular formula is C24H32FN5O4. The van der Waals surface area contributed by atoms with Crippen LogP contribution in [0.1, 0.15) is 48.7 Å². The lowest BCUT2D eigenvalue weighted by molar-refractivity contribution is 0.0496. The normalized spacial score (nSPS) is 13.6. The molecule has 0 saturated heterocycles. The van der Waals surface area contributed by atoms with Crippen LogP contribution in [0.2, 0.25) is 0 Å². The van der Waals surface area contributed by atoms with Crippen LogP contribution >= 0.6 is 0 Å². The SMILES string of the molecule is COCC[C@@H](CNc1nc(Nc2cccc(C)c2)c2c(c1F)CNC2=O)NC(=O)OC(C)(C)C. The van der Waals surface area contributed by atoms with E-state index in [1.54, 1.807) is 27.9 Å². The van der Waals surface area contributed by atoms with Gasteiger partial charge in [-0.1, -0.05) is 12.1 Å². The second kappa shape index (κ2) is 10.7. The van der Waals surface area contributed by atoms with E-state index in [2.05, 4.69) is 26.3 Å². The van der Waals surface area contributed by atoms with Gasteiger partial charge in [0.2, 0.25) is 0 Å². The number of ether oxygens (including phenoxy) is 2. The van der Waals surface area contributed by atoms with E-state index in [1.165, 1.54) is 0 Å². The lowest BCUT2D eigenvalue weighted by Crippen LogP contribution is -2.43. The summed E-state index contributed by atoms with van der Waals surface area (Å²) in [5.41, 5.74) is 1.54. The van der Waals surface area contributed by atoms with Crippen molar-refractivity contribution < 1.29 is 23.5 Å². The molecule has 1 aromatic heterocycles. The second-order valence-electron chi connectivity index (χ2n) is 9.16. The zero-order chi connectivity index (χ0) is 24.9. The first kappa shape index (κ1) is 25.2. The van der Waals surface area contributed by atoms with Crippen LogP contribution in [-0.2, 0) is 16.0 Å². The van der Waals surface area contributed by atoms with Crippen molar-refractivity contribution in [3.05, 3.63) is 46.8 Å². The lowest BCUT2D eigenvalue weighted by Gasteiger charge is -2.24. The van der Waals surface area contributed by atoms with E-state index >= 15 is 4.39 Å². The summed E-state index contributed by atoms with van der Waals surface area (Å²) in [6.45, 7) is 7.91. The Morgan fingerprint density at radius 1 is 1.29 bits per heavy atom. The molecule has 1 aliphatic heterocycles. The van der Waals surface area contributed by atoms with Gasteiger partial charge in [0.25, 0.3) is 5.91 Å². The Bertz CT molecular complexity index is 1050. The van der Waals surface area contributed by atoms with Gasteiger partial charge >= 0.3 is 6.09 Å². The summed E-state index contributed by atoms with van der Waals surface area (Å²) in [7, 11) is 1.56. The molecule has 0 bridgehead atoms. The number of rotatable bonds is 9. The van der Waals surface area contributed by atoms with Gasteiger partial charge < -0.3 is 30.7 Å². The molecule has 2 heterocycles. The zero-order valence-electron chi connectivity index (χ0n) is 20.2. The largest absolute Gasteiger partial charge is 0.444 e. The Balaban J connectivity index is 1.82. The maximum Gasteiger partial charge on any atom is 0.407 e. The predicted molar refractivity (Wildman–Crippen MR) is 128 cm³/mol. The second-order valence-corrected chi connectivity index (χ2v) is 9.16. The number of carbonyl (C=O) groups excluding carboxylic acids is 2. The van der Waals surface area contributed by atoms with Gasteiger partial charge in [0.1, 0.15) is 11.4 Å². The molecule has 34 heavy (non-hydrogen) atoms. The van der Waals surface area contributed by atoms with Crippen LogP contribution in [-0.4, -0.2) is 48.9 Å². The van der Waals surface area contributed by atoms with Crippen molar-refractivity contribution in [1.29, 1.82) is 0 Å². The third-order valence-electron chi connectivity index (χ3n) is 5.08. The van der Waals surface area contributed by atoms with Crippen molar-refractivity contribution >= 4 is 29.3 Å². The van der Waals surface area contributed by atoms with Gasteiger partial charge in [0.05, 0.1) is 11.6 Å². The van der Waals surface area contributed by atoms with Gasteiger partial charge in [-0.2, -0.15) is 0 Å². The van der Waals surface area contributed by atoms with E-state index in [0.29, 0.717) is 13.0 Å². The number of halogens is 1. The van der Waals surface area contributed by atoms with Gasteiger partial charge in [0.15, 0.2) is 11.6 Å². The summed E-state index contributed by atoms with van der Waals surface area (Å²) in [5, 5.41) is 11.6. The van der Waals surface area contributed by atoms with E-state index in [-0.39, 0.29) is 41.8 Å². The molecule has 0 fully saturated rings. The van der Waals surface area contributed by atoms with Gasteiger partial charge in [-0.25, -0.2) is 14.2 Å². The number of alkyl carbamates (subject to hydrolysis) is 1. The number of methoxy groups -OCH3 is 1. The quantitative estimate of drug-likeness (QED) is 0.437. The molecule has 1 atom stereocenters. The monoisotopic (exact) mass is 473 g/mol. The van der Waals surface area contributed by atoms with Crippen molar-refractivity contribution in [1.82, 2.24) is 15.6 Å². The van der Waals surface area contributed by atoms with Crippen molar-refractivity contribution in [2.24, 2.45) is 0 Å². The minimum absolute atomic E-state index is 0.0150. The molecule has 10 heteroatoms. The minimum Gasteiger partial charge on any atom is -0.444 e. The highest BCUT2D eigenvalue weighted by atomic mass is 19.1. The number of hydrogen-bond acceptors (Lipinski definition) is 7. The molecule has 9 nitrogen and oxygen atoms in total. The number of pyridine rings is 1. The van der Waals surface area contributed by atoms with Crippen LogP contribution in [0.25, 0.3) is 0 Å². The van der Waals surface area contributed by atoms with E-state index < -0.39 is 23.6 Å². The minimum atomic E-state index is -0.646. The van der Waals surface area contributed by atoms with Gasteiger partial charge in [0, 0.05) is 38.1 Å². The van der Waals surface area contributed by atoms with Crippen LogP contribution in [0.5, 0.6) is 0 Å². The van der Waals surface area contributed by atoms with E-state index in [9.17, 15) is 9.59 Å². The average Bonchev–Trinajstić information content (AvgIpc) is 3.13. The van der Waals surface area contributed by atoms with Crippen LogP contribution in [0.4, 0.5) is 26.5 Å². The van der Waals surface area contributed by atoms with Crippen LogP contribution in [0.15, 0.2) is 24.3 Å². The lowest BCUT2D eigenvalue weighted by atomic mass is 10.1. The number of aromatic nitrogens is 1. The molecule has 0 saturated carbocycles. The maximum atomic E-state index is 15.2. The summed E-state index contributed by atoms with van der Waals surface area (Å²) < 4.78 is 25.7. The van der Waals surface area contributed by atoms with Crippen molar-refractivity contribution in [2.75, 3.05) is 30.9 Å². The Kier molecular flexibility index (Phi) is 7.93. The Labute approximate surface area is 198 Å². The average molecular weight is 474 g/mol. The smallest absolute Gasteiger partial charge is 0.407 e. The highest BCUT2D eigenvalue weighted by molar-refractivity contribution is 6.03. The van der Waals surface area contributed by atoms with Crippen LogP contribution < -0.4 is 21.3 Å². The Hall–Kier alpha value is -3.40. The highest BCUT2D eigenvalue weighted by Crippen LogP contribution is 2.31. The number of fused-ring (bicyclic) bond motifs is 1. The number of aryl methyl sites for hydroxylation is 1. The first-order valence-electron chi connectivity index (χ1n) is 11.1. The summed E-state index contributed by atoms with van der Waals surface area (Å²) >= 11 is 0. The summed E-state index contributed by atoms with van der Waals surface area (Å²) in [6.07, 6.45) is -0.0987. The number of amides is 2.